The number of rotatable bonds is 6. The number of unbranched alkanes of at least 4 members (excludes halogenated alkanes) is 1. The highest BCUT2D eigenvalue weighted by atomic mass is 35.5. The van der Waals surface area contributed by atoms with Gasteiger partial charge in [0.2, 0.25) is 0 Å². The summed E-state index contributed by atoms with van der Waals surface area (Å²) in [4.78, 5) is 0. The van der Waals surface area contributed by atoms with E-state index in [1.165, 1.54) is 51.0 Å². The Balaban J connectivity index is 1.81. The highest BCUT2D eigenvalue weighted by Gasteiger charge is 2.25. The van der Waals surface area contributed by atoms with Gasteiger partial charge in [-0.3, -0.25) is 0 Å². The van der Waals surface area contributed by atoms with Crippen LogP contribution < -0.4 is 5.73 Å². The number of halogens is 2. The van der Waals surface area contributed by atoms with Crippen LogP contribution in [0, 0.1) is 17.7 Å². The van der Waals surface area contributed by atoms with Crippen molar-refractivity contribution in [1.29, 1.82) is 0 Å². The van der Waals surface area contributed by atoms with E-state index in [1.54, 1.807) is 6.07 Å². The molecular weight excluding hydrogens is 285 g/mol. The molecule has 0 aromatic heterocycles. The highest BCUT2D eigenvalue weighted by molar-refractivity contribution is 6.30. The molecule has 118 valence electrons. The Morgan fingerprint density at radius 3 is 2.62 bits per heavy atom. The molecule has 0 radical (unpaired) electrons. The summed E-state index contributed by atoms with van der Waals surface area (Å²) in [6.45, 7) is 2.26. The summed E-state index contributed by atoms with van der Waals surface area (Å²) in [6.07, 6.45) is 9.85. The molecule has 1 atom stereocenters. The van der Waals surface area contributed by atoms with Crippen LogP contribution in [0.25, 0.3) is 0 Å². The first-order chi connectivity index (χ1) is 10.1. The van der Waals surface area contributed by atoms with E-state index in [2.05, 4.69) is 6.92 Å². The molecule has 2 N–H and O–H groups in total. The van der Waals surface area contributed by atoms with Crippen molar-refractivity contribution < 1.29 is 4.39 Å². The van der Waals surface area contributed by atoms with Gasteiger partial charge in [0.1, 0.15) is 5.82 Å². The van der Waals surface area contributed by atoms with Gasteiger partial charge in [0.25, 0.3) is 0 Å². The van der Waals surface area contributed by atoms with E-state index < -0.39 is 0 Å². The van der Waals surface area contributed by atoms with Crippen molar-refractivity contribution in [3.8, 4) is 0 Å². The third-order valence-corrected chi connectivity index (χ3v) is 5.22. The van der Waals surface area contributed by atoms with Crippen molar-refractivity contribution in [2.24, 2.45) is 17.6 Å². The zero-order valence-electron chi connectivity index (χ0n) is 13.0. The first-order valence-electron chi connectivity index (χ1n) is 8.29. The minimum Gasteiger partial charge on any atom is -0.327 e. The number of nitrogens with two attached hydrogens (primary N) is 1. The van der Waals surface area contributed by atoms with Gasteiger partial charge in [-0.05, 0) is 48.8 Å². The number of benzene rings is 1. The summed E-state index contributed by atoms with van der Waals surface area (Å²) in [5.74, 6) is 1.15. The summed E-state index contributed by atoms with van der Waals surface area (Å²) >= 11 is 5.72. The maximum atomic E-state index is 13.5. The Labute approximate surface area is 133 Å². The lowest BCUT2D eigenvalue weighted by Crippen LogP contribution is -2.35. The normalized spacial score (nSPS) is 24.0. The minimum atomic E-state index is -0.343. The Hall–Kier alpha value is -0.600. The van der Waals surface area contributed by atoms with Crippen LogP contribution in [0.4, 0.5) is 4.39 Å². The molecule has 0 bridgehead atoms. The molecule has 1 saturated carbocycles. The van der Waals surface area contributed by atoms with Gasteiger partial charge >= 0.3 is 0 Å². The topological polar surface area (TPSA) is 26.0 Å². The molecule has 1 aromatic carbocycles. The van der Waals surface area contributed by atoms with Crippen LogP contribution in [-0.4, -0.2) is 6.04 Å². The third-order valence-electron chi connectivity index (χ3n) is 4.92. The van der Waals surface area contributed by atoms with Crippen molar-refractivity contribution in [1.82, 2.24) is 0 Å². The summed E-state index contributed by atoms with van der Waals surface area (Å²) in [5, 5.41) is 0.184. The lowest BCUT2D eigenvalue weighted by atomic mass is 9.76. The predicted octanol–water partition coefficient (Wildman–Crippen LogP) is 5.35. The Kier molecular flexibility index (Phi) is 6.50. The molecule has 0 amide bonds. The first kappa shape index (κ1) is 16.8. The van der Waals surface area contributed by atoms with Crippen LogP contribution in [0.2, 0.25) is 5.02 Å². The van der Waals surface area contributed by atoms with Crippen LogP contribution in [0.3, 0.4) is 0 Å². The van der Waals surface area contributed by atoms with Crippen LogP contribution >= 0.6 is 11.6 Å². The zero-order valence-corrected chi connectivity index (χ0v) is 13.7. The molecular formula is C18H27ClFN. The van der Waals surface area contributed by atoms with E-state index in [0.717, 1.165) is 17.9 Å². The summed E-state index contributed by atoms with van der Waals surface area (Å²) in [6, 6.07) is 5.17. The van der Waals surface area contributed by atoms with Gasteiger partial charge in [0, 0.05) is 6.04 Å². The van der Waals surface area contributed by atoms with E-state index in [4.69, 9.17) is 17.3 Å². The van der Waals surface area contributed by atoms with Crippen molar-refractivity contribution in [3.05, 3.63) is 34.6 Å². The van der Waals surface area contributed by atoms with E-state index >= 15 is 0 Å². The fourth-order valence-electron chi connectivity index (χ4n) is 3.50. The predicted molar refractivity (Wildman–Crippen MR) is 88.1 cm³/mol. The molecule has 3 heteroatoms. The second-order valence-electron chi connectivity index (χ2n) is 6.54. The fraction of sp³-hybridized carbons (Fsp3) is 0.667. The second kappa shape index (κ2) is 8.14. The van der Waals surface area contributed by atoms with Crippen molar-refractivity contribution in [2.45, 2.75) is 64.3 Å². The standard InChI is InChI=1S/C18H27ClFN/c1-2-3-4-13-5-8-15(9-6-13)18(21)12-14-7-10-16(19)17(20)11-14/h7,10-11,13,15,18H,2-6,8-9,12,21H2,1H3. The van der Waals surface area contributed by atoms with Crippen LogP contribution in [0.15, 0.2) is 18.2 Å². The van der Waals surface area contributed by atoms with Crippen LogP contribution in [0.5, 0.6) is 0 Å². The Morgan fingerprint density at radius 2 is 2.00 bits per heavy atom. The van der Waals surface area contributed by atoms with Gasteiger partial charge in [0.15, 0.2) is 0 Å². The lowest BCUT2D eigenvalue weighted by molar-refractivity contribution is 0.230. The van der Waals surface area contributed by atoms with Gasteiger partial charge in [-0.1, -0.05) is 56.7 Å². The van der Waals surface area contributed by atoms with Gasteiger partial charge in [-0.25, -0.2) is 4.39 Å². The average Bonchev–Trinajstić information content (AvgIpc) is 2.49. The van der Waals surface area contributed by atoms with Gasteiger partial charge in [-0.2, -0.15) is 0 Å². The molecule has 1 aromatic rings. The summed E-state index contributed by atoms with van der Waals surface area (Å²) in [7, 11) is 0. The fourth-order valence-corrected chi connectivity index (χ4v) is 3.62. The Bertz CT molecular complexity index is 441. The second-order valence-corrected chi connectivity index (χ2v) is 6.95. The molecule has 21 heavy (non-hydrogen) atoms. The molecule has 1 aliphatic rings. The number of hydrogen-bond donors (Lipinski definition) is 1. The van der Waals surface area contributed by atoms with Gasteiger partial charge < -0.3 is 5.73 Å². The minimum absolute atomic E-state index is 0.137. The van der Waals surface area contributed by atoms with Crippen molar-refractivity contribution >= 4 is 11.6 Å². The summed E-state index contributed by atoms with van der Waals surface area (Å²) in [5.41, 5.74) is 7.31. The molecule has 1 fully saturated rings. The molecule has 0 saturated heterocycles. The van der Waals surface area contributed by atoms with E-state index in [9.17, 15) is 4.39 Å². The largest absolute Gasteiger partial charge is 0.327 e. The zero-order chi connectivity index (χ0) is 15.2. The molecule has 1 aliphatic carbocycles. The number of hydrogen-bond acceptors (Lipinski definition) is 1. The quantitative estimate of drug-likeness (QED) is 0.753. The maximum absolute atomic E-state index is 13.5. The molecule has 1 unspecified atom stereocenters. The van der Waals surface area contributed by atoms with E-state index in [-0.39, 0.29) is 16.9 Å². The lowest BCUT2D eigenvalue weighted by Gasteiger charge is -2.32. The SMILES string of the molecule is CCCCC1CCC(C(N)Cc2ccc(Cl)c(F)c2)CC1. The average molecular weight is 312 g/mol. The first-order valence-corrected chi connectivity index (χ1v) is 8.67. The van der Waals surface area contributed by atoms with Gasteiger partial charge in [-0.15, -0.1) is 0 Å². The van der Waals surface area contributed by atoms with Gasteiger partial charge in [0.05, 0.1) is 5.02 Å². The van der Waals surface area contributed by atoms with Crippen molar-refractivity contribution in [2.75, 3.05) is 0 Å². The molecule has 0 spiro atoms. The Morgan fingerprint density at radius 1 is 1.29 bits per heavy atom. The van der Waals surface area contributed by atoms with Crippen LogP contribution in [0.1, 0.15) is 57.4 Å². The maximum Gasteiger partial charge on any atom is 0.142 e. The highest BCUT2D eigenvalue weighted by Crippen LogP contribution is 2.34. The van der Waals surface area contributed by atoms with Crippen molar-refractivity contribution in [3.63, 3.8) is 0 Å². The molecule has 0 heterocycles. The van der Waals surface area contributed by atoms with E-state index in [1.807, 2.05) is 6.07 Å². The van der Waals surface area contributed by atoms with Crippen LogP contribution in [-0.2, 0) is 6.42 Å². The molecule has 2 rings (SSSR count). The summed E-state index contributed by atoms with van der Waals surface area (Å²) < 4.78 is 13.5. The smallest absolute Gasteiger partial charge is 0.142 e. The molecule has 1 nitrogen and oxygen atoms in total. The third kappa shape index (κ3) is 4.96. The molecule has 0 aliphatic heterocycles. The monoisotopic (exact) mass is 311 g/mol. The van der Waals surface area contributed by atoms with E-state index in [0.29, 0.717) is 5.92 Å².